The van der Waals surface area contributed by atoms with Crippen LogP contribution in [0.25, 0.3) is 88.6 Å². The molecule has 24 heteroatoms. The zero-order chi connectivity index (χ0) is 103. The Labute approximate surface area is 878 Å². The van der Waals surface area contributed by atoms with Gasteiger partial charge in [0.15, 0.2) is 12.1 Å². The second-order valence-electron chi connectivity index (χ2n) is 42.6. The molecule has 0 spiro atoms. The number of anilines is 4. The summed E-state index contributed by atoms with van der Waals surface area (Å²) < 4.78 is 67.3. The molecule has 772 valence electrons. The standard InChI is InChI=1S/C34H38N2O4.C32H33N3O4.C31H34N2O3.C29H29N3O3/c1-22(24-8-9-24)39-34(37)35-26-12-10-25(11-13-26)33-31(15-7-23-5-6-23)30-16-14-29(40-28-17-19-38-20-18-28)21-32(30)36(33)27-3-2-4-27;1-21(22-7-8-22)38-32(36)34-24-11-9-23(10-12-24)31-29(6-3-17-33)28-14-13-27(39-26-15-18-37-19-16-26)20-30(28)35(31)25-4-2-5-25;1-3-35-26-16-18-27-28(17-9-21-7-8-21)30(33(29(27)19-26)25-5-4-6-25)23-12-14-24(15-13-23)32-31(34)36-20(2)22-10-11-22;1-3-34-24-15-16-25-26(8-5-17-30)28(32(27(25)18-24)23-6-4-7-23)21-11-13-22(14-12-21)31-29(33)35-19(2)20-9-10-20/h10-14,16,21-24,27-28H,2-6,8-9,17-20H2,1H3,(H,35,37);9-14,20-22,25-26H,2,4-5,7-8,15-16,18-19H2,1H3,(H,34,36);12-16,18-22,25H,3-8,10-11H2,1-2H3,(H,32,34);11-16,18-20,23H,3-4,6-7,9-10H2,1-2H3,(H,31,33). The average molecular weight is 2010 g/mol. The molecule has 2 saturated heterocycles. The molecular weight excluding hydrogens is 1880 g/mol. The number of nitrogens with zero attached hydrogens (tertiary/aromatic N) is 6. The first kappa shape index (κ1) is 101. The van der Waals surface area contributed by atoms with Crippen molar-refractivity contribution in [2.24, 2.45) is 35.5 Å². The molecule has 4 atom stereocenters. The SMILES string of the molecule is CC(OC(=O)Nc1ccc(-c2c(C#CC#N)c3ccc(OC4CCOCC4)cc3n2C2CCC2)cc1)C1CC1.CC(OC(=O)Nc1ccc(-c2c(C#CC3CC3)c3ccc(OC4CCOCC4)cc3n2C2CCC2)cc1)C1CC1.CCOc1ccc2c(C#CC#N)c(-c3ccc(NC(=O)OC(C)C4CC4)cc3)n(C3CCC3)c2c1.CCOc1ccc2c(C#CC3CC3)c(-c3ccc(NC(=O)OC(C)C4CC4)cc3)n(C3CCC3)c2c1. The van der Waals surface area contributed by atoms with Crippen LogP contribution in [0.2, 0.25) is 0 Å². The third kappa shape index (κ3) is 24.1. The highest BCUT2D eigenvalue weighted by molar-refractivity contribution is 6.01. The highest BCUT2D eigenvalue weighted by Gasteiger charge is 2.39. The van der Waals surface area contributed by atoms with E-state index in [1.807, 2.05) is 145 Å². The van der Waals surface area contributed by atoms with E-state index in [2.05, 4.69) is 166 Å². The summed E-state index contributed by atoms with van der Waals surface area (Å²) in [6, 6.07) is 62.6. The minimum atomic E-state index is -0.427. The fourth-order valence-corrected chi connectivity index (χ4v) is 21.3. The van der Waals surface area contributed by atoms with Crippen LogP contribution in [0.1, 0.15) is 268 Å². The summed E-state index contributed by atoms with van der Waals surface area (Å²) in [5.41, 5.74) is 19.8. The maximum atomic E-state index is 12.4. The Hall–Kier alpha value is -14.7. The van der Waals surface area contributed by atoms with E-state index in [0.29, 0.717) is 84.3 Å². The molecule has 12 aliphatic rings. The number of fused-ring (bicyclic) bond motifs is 4. The van der Waals surface area contributed by atoms with Gasteiger partial charge >= 0.3 is 24.4 Å². The predicted octanol–water partition coefficient (Wildman–Crippen LogP) is 28.7. The van der Waals surface area contributed by atoms with Gasteiger partial charge < -0.3 is 65.6 Å². The Bertz CT molecular complexity index is 7320. The molecule has 24 nitrogen and oxygen atoms in total. The van der Waals surface area contributed by atoms with Gasteiger partial charge in [0.05, 0.1) is 107 Å². The molecule has 0 radical (unpaired) electrons. The van der Waals surface area contributed by atoms with Crippen molar-refractivity contribution in [2.75, 3.05) is 60.9 Å². The van der Waals surface area contributed by atoms with Gasteiger partial charge in [-0.25, -0.2) is 19.2 Å². The maximum absolute atomic E-state index is 12.4. The van der Waals surface area contributed by atoms with Gasteiger partial charge in [0, 0.05) is 142 Å². The third-order valence-electron chi connectivity index (χ3n) is 31.6. The Morgan fingerprint density at radius 1 is 0.320 bits per heavy atom. The molecule has 4 unspecified atom stereocenters. The van der Waals surface area contributed by atoms with Crippen LogP contribution in [0.15, 0.2) is 170 Å². The molecule has 12 aromatic rings. The summed E-state index contributed by atoms with van der Waals surface area (Å²) in [5, 5.41) is 34.3. The second kappa shape index (κ2) is 46.2. The second-order valence-corrected chi connectivity index (χ2v) is 42.6. The summed E-state index contributed by atoms with van der Waals surface area (Å²) >= 11 is 0. The van der Waals surface area contributed by atoms with Gasteiger partial charge in [-0.3, -0.25) is 21.3 Å². The van der Waals surface area contributed by atoms with Crippen LogP contribution in [0, 0.1) is 106 Å². The number of nitrogens with one attached hydrogen (secondary N) is 4. The van der Waals surface area contributed by atoms with E-state index >= 15 is 0 Å². The summed E-state index contributed by atoms with van der Waals surface area (Å²) in [6.07, 6.45) is 30.0. The number of benzene rings is 8. The van der Waals surface area contributed by atoms with Crippen LogP contribution >= 0.6 is 0 Å². The van der Waals surface area contributed by atoms with E-state index < -0.39 is 12.2 Å². The molecule has 6 heterocycles. The Morgan fingerprint density at radius 2 is 0.567 bits per heavy atom. The van der Waals surface area contributed by atoms with Gasteiger partial charge in [-0.05, 0) is 350 Å². The monoisotopic (exact) mass is 2010 g/mol. The van der Waals surface area contributed by atoms with Gasteiger partial charge in [0.2, 0.25) is 0 Å². The fourth-order valence-electron chi connectivity index (χ4n) is 21.3. The van der Waals surface area contributed by atoms with Crippen molar-refractivity contribution < 1.29 is 66.5 Å². The molecule has 4 N–H and O–H groups in total. The summed E-state index contributed by atoms with van der Waals surface area (Å²) in [7, 11) is 0. The van der Waals surface area contributed by atoms with Crippen LogP contribution in [-0.2, 0) is 28.4 Å². The van der Waals surface area contributed by atoms with Crippen molar-refractivity contribution in [3.8, 4) is 128 Å². The molecular formula is C126H134N10O14. The highest BCUT2D eigenvalue weighted by atomic mass is 16.6. The number of amides is 4. The van der Waals surface area contributed by atoms with Crippen LogP contribution in [0.4, 0.5) is 41.9 Å². The molecule has 10 aliphatic carbocycles. The van der Waals surface area contributed by atoms with Gasteiger partial charge in [0.25, 0.3) is 0 Å². The number of carbonyl (C=O) groups is 4. The zero-order valence-electron chi connectivity index (χ0n) is 86.8. The quantitative estimate of drug-likeness (QED) is 0.0262. The lowest BCUT2D eigenvalue weighted by Gasteiger charge is -2.30. The first-order chi connectivity index (χ1) is 73.4. The highest BCUT2D eigenvalue weighted by Crippen LogP contribution is 2.51. The van der Waals surface area contributed by atoms with Crippen molar-refractivity contribution in [3.05, 3.63) is 192 Å². The predicted molar refractivity (Wildman–Crippen MR) is 586 cm³/mol. The van der Waals surface area contributed by atoms with Crippen molar-refractivity contribution in [3.63, 3.8) is 0 Å². The largest absolute Gasteiger partial charge is 0.494 e. The maximum Gasteiger partial charge on any atom is 0.411 e. The van der Waals surface area contributed by atoms with Crippen LogP contribution in [0.5, 0.6) is 23.0 Å². The molecule has 24 rings (SSSR count). The van der Waals surface area contributed by atoms with Crippen LogP contribution in [-0.4, -0.2) is 119 Å². The molecule has 4 amide bonds. The fraction of sp³-hybridized carbons (Fsp3) is 0.444. The van der Waals surface area contributed by atoms with E-state index in [1.54, 1.807) is 0 Å². The molecule has 2 aliphatic heterocycles. The summed E-state index contributed by atoms with van der Waals surface area (Å²) in [4.78, 5) is 49.4. The number of carbonyl (C=O) groups excluding carboxylic acids is 4. The number of hydrogen-bond donors (Lipinski definition) is 4. The van der Waals surface area contributed by atoms with Crippen molar-refractivity contribution in [1.29, 1.82) is 10.5 Å². The topological polar surface area (TPSA) is 276 Å². The van der Waals surface area contributed by atoms with E-state index in [0.717, 1.165) is 241 Å². The van der Waals surface area contributed by atoms with Crippen molar-refractivity contribution in [2.45, 2.75) is 282 Å². The summed E-state index contributed by atoms with van der Waals surface area (Å²) in [6.45, 7) is 16.1. The first-order valence-corrected chi connectivity index (χ1v) is 55.0. The van der Waals surface area contributed by atoms with Gasteiger partial charge in [0.1, 0.15) is 59.6 Å². The van der Waals surface area contributed by atoms with E-state index in [9.17, 15) is 24.4 Å². The molecule has 150 heavy (non-hydrogen) atoms. The van der Waals surface area contributed by atoms with E-state index in [-0.39, 0.29) is 48.8 Å². The molecule has 0 bridgehead atoms. The number of hydrogen-bond acceptors (Lipinski definition) is 16. The Kier molecular flexibility index (Phi) is 31.2. The number of ether oxygens (including phenoxy) is 10. The molecule has 8 aromatic carbocycles. The van der Waals surface area contributed by atoms with Crippen molar-refractivity contribution in [1.82, 2.24) is 18.3 Å². The van der Waals surface area contributed by atoms with E-state index in [4.69, 9.17) is 52.6 Å². The Balaban J connectivity index is 0.000000117. The average Bonchev–Trinajstić information content (AvgIpc) is 1.60. The minimum Gasteiger partial charge on any atom is -0.494 e. The Morgan fingerprint density at radius 3 is 0.793 bits per heavy atom. The number of nitriles is 2. The lowest BCUT2D eigenvalue weighted by atomic mass is 9.92. The minimum absolute atomic E-state index is 0.0309. The zero-order valence-corrected chi connectivity index (χ0v) is 86.8. The normalized spacial score (nSPS) is 18.3. The lowest BCUT2D eigenvalue weighted by Crippen LogP contribution is -2.25. The van der Waals surface area contributed by atoms with Gasteiger partial charge in [-0.15, -0.1) is 0 Å². The lowest BCUT2D eigenvalue weighted by molar-refractivity contribution is 0.0254. The number of rotatable bonds is 28. The number of aromatic nitrogens is 4. The molecule has 12 fully saturated rings. The summed E-state index contributed by atoms with van der Waals surface area (Å²) in [5.74, 6) is 32.2. The van der Waals surface area contributed by atoms with Crippen LogP contribution in [0.3, 0.4) is 0 Å². The smallest absolute Gasteiger partial charge is 0.411 e. The van der Waals surface area contributed by atoms with Crippen molar-refractivity contribution >= 4 is 90.7 Å². The third-order valence-corrected chi connectivity index (χ3v) is 31.6. The van der Waals surface area contributed by atoms with Crippen LogP contribution < -0.4 is 40.2 Å². The van der Waals surface area contributed by atoms with Gasteiger partial charge in [-0.1, -0.05) is 72.2 Å². The molecule has 10 saturated carbocycles. The molecule has 4 aromatic heterocycles. The van der Waals surface area contributed by atoms with Gasteiger partial charge in [-0.2, -0.15) is 10.5 Å². The van der Waals surface area contributed by atoms with E-state index in [1.165, 1.54) is 110 Å². The first-order valence-electron chi connectivity index (χ1n) is 55.0.